The minimum Gasteiger partial charge on any atom is -0.493 e. The Kier molecular flexibility index (Phi) is 11.7. The van der Waals surface area contributed by atoms with Crippen LogP contribution >= 0.6 is 0 Å². The van der Waals surface area contributed by atoms with Crippen molar-refractivity contribution in [2.24, 2.45) is 0 Å². The average Bonchev–Trinajstić information content (AvgIpc) is 2.89. The van der Waals surface area contributed by atoms with E-state index in [0.29, 0.717) is 0 Å². The van der Waals surface area contributed by atoms with E-state index < -0.39 is 0 Å². The number of hydrogen-bond donors (Lipinski definition) is 0. The van der Waals surface area contributed by atoms with E-state index in [1.165, 1.54) is 22.3 Å². The molecule has 0 atom stereocenters. The maximum Gasteiger partial charge on any atom is 0.122 e. The lowest BCUT2D eigenvalue weighted by Crippen LogP contribution is -2.15. The molecule has 4 nitrogen and oxygen atoms in total. The van der Waals surface area contributed by atoms with Crippen molar-refractivity contribution in [3.8, 4) is 11.5 Å². The van der Waals surface area contributed by atoms with E-state index >= 15 is 0 Å². The Bertz CT molecular complexity index is 1100. The van der Waals surface area contributed by atoms with Crippen LogP contribution in [-0.4, -0.2) is 64.3 Å². The molecule has 0 heterocycles. The highest BCUT2D eigenvalue weighted by atomic mass is 16.5. The van der Waals surface area contributed by atoms with Crippen LogP contribution in [0.25, 0.3) is 24.3 Å². The second kappa shape index (κ2) is 15.2. The first-order chi connectivity index (χ1) is 18.3. The first-order valence-electron chi connectivity index (χ1n) is 13.5. The van der Waals surface area contributed by atoms with Gasteiger partial charge in [-0.15, -0.1) is 0 Å². The lowest BCUT2D eigenvalue weighted by molar-refractivity contribution is 0.280. The van der Waals surface area contributed by atoms with Crippen LogP contribution in [0, 0.1) is 13.8 Å². The standard InChI is InChI=1S/C34H44N2O2/c1-27-9-11-31(25-33(27)37-23-7-21-35(3)4)19-17-29-13-15-30(16-14-29)18-20-32-12-10-28(2)34(26-32)38-24-8-22-36(5)6/h9-20,25-26H,7-8,21-24H2,1-6H3/b19-17+,20-18+. The van der Waals surface area contributed by atoms with Crippen LogP contribution in [0.4, 0.5) is 0 Å². The molecule has 0 saturated carbocycles. The monoisotopic (exact) mass is 512 g/mol. The SMILES string of the molecule is Cc1ccc(/C=C/c2ccc(/C=C/c3ccc(C)c(OCCCN(C)C)c3)cc2)cc1OCCCN(C)C. The zero-order valence-electron chi connectivity index (χ0n) is 24.0. The van der Waals surface area contributed by atoms with Crippen LogP contribution in [0.5, 0.6) is 11.5 Å². The van der Waals surface area contributed by atoms with Gasteiger partial charge in [0, 0.05) is 13.1 Å². The number of ether oxygens (including phenoxy) is 2. The summed E-state index contributed by atoms with van der Waals surface area (Å²) in [6.07, 6.45) is 10.6. The number of aryl methyl sites for hydroxylation is 2. The van der Waals surface area contributed by atoms with Crippen molar-refractivity contribution < 1.29 is 9.47 Å². The van der Waals surface area contributed by atoms with Gasteiger partial charge in [-0.2, -0.15) is 0 Å². The molecular formula is C34H44N2O2. The zero-order chi connectivity index (χ0) is 27.3. The molecule has 3 aromatic rings. The van der Waals surface area contributed by atoms with E-state index in [1.54, 1.807) is 0 Å². The number of benzene rings is 3. The van der Waals surface area contributed by atoms with Crippen LogP contribution in [0.15, 0.2) is 60.7 Å². The number of nitrogens with zero attached hydrogens (tertiary/aromatic N) is 2. The van der Waals surface area contributed by atoms with Gasteiger partial charge in [-0.1, -0.05) is 72.8 Å². The Balaban J connectivity index is 1.57. The Morgan fingerprint density at radius 2 is 0.868 bits per heavy atom. The van der Waals surface area contributed by atoms with Crippen LogP contribution in [0.2, 0.25) is 0 Å². The molecule has 0 bridgehead atoms. The molecule has 0 saturated heterocycles. The fourth-order valence-corrected chi connectivity index (χ4v) is 3.98. The third-order valence-corrected chi connectivity index (χ3v) is 6.31. The van der Waals surface area contributed by atoms with Crippen molar-refractivity contribution in [1.29, 1.82) is 0 Å². The topological polar surface area (TPSA) is 24.9 Å². The second-order valence-electron chi connectivity index (χ2n) is 10.4. The van der Waals surface area contributed by atoms with Gasteiger partial charge in [-0.25, -0.2) is 0 Å². The molecule has 202 valence electrons. The Morgan fingerprint density at radius 3 is 1.24 bits per heavy atom. The van der Waals surface area contributed by atoms with E-state index in [-0.39, 0.29) is 0 Å². The fraction of sp³-hybridized carbons (Fsp3) is 0.353. The van der Waals surface area contributed by atoms with Crippen molar-refractivity contribution in [3.05, 3.63) is 94.0 Å². The van der Waals surface area contributed by atoms with E-state index in [1.807, 2.05) is 0 Å². The van der Waals surface area contributed by atoms with Gasteiger partial charge in [0.1, 0.15) is 11.5 Å². The Labute approximate surface area is 230 Å². The molecule has 0 spiro atoms. The summed E-state index contributed by atoms with van der Waals surface area (Å²) < 4.78 is 12.1. The molecule has 0 aliphatic carbocycles. The maximum atomic E-state index is 6.03. The molecule has 0 aliphatic heterocycles. The smallest absolute Gasteiger partial charge is 0.122 e. The largest absolute Gasteiger partial charge is 0.493 e. The van der Waals surface area contributed by atoms with Gasteiger partial charge in [-0.05, 0) is 100 Å². The van der Waals surface area contributed by atoms with Crippen molar-refractivity contribution in [2.45, 2.75) is 26.7 Å². The highest BCUT2D eigenvalue weighted by molar-refractivity contribution is 5.73. The number of rotatable bonds is 14. The third-order valence-electron chi connectivity index (χ3n) is 6.31. The molecule has 38 heavy (non-hydrogen) atoms. The predicted molar refractivity (Wildman–Crippen MR) is 164 cm³/mol. The van der Waals surface area contributed by atoms with E-state index in [0.717, 1.165) is 61.8 Å². The summed E-state index contributed by atoms with van der Waals surface area (Å²) in [6, 6.07) is 21.4. The van der Waals surface area contributed by atoms with E-state index in [9.17, 15) is 0 Å². The summed E-state index contributed by atoms with van der Waals surface area (Å²) in [5.74, 6) is 1.93. The van der Waals surface area contributed by atoms with Gasteiger partial charge < -0.3 is 19.3 Å². The van der Waals surface area contributed by atoms with Crippen molar-refractivity contribution in [3.63, 3.8) is 0 Å². The van der Waals surface area contributed by atoms with E-state index in [2.05, 4.69) is 137 Å². The average molecular weight is 513 g/mol. The van der Waals surface area contributed by atoms with Crippen LogP contribution in [-0.2, 0) is 0 Å². The lowest BCUT2D eigenvalue weighted by atomic mass is 10.1. The van der Waals surface area contributed by atoms with Crippen molar-refractivity contribution >= 4 is 24.3 Å². The van der Waals surface area contributed by atoms with Crippen LogP contribution in [0.1, 0.15) is 46.2 Å². The summed E-state index contributed by atoms with van der Waals surface area (Å²) >= 11 is 0. The summed E-state index contributed by atoms with van der Waals surface area (Å²) in [6.45, 7) is 7.71. The Hall–Kier alpha value is -3.34. The quantitative estimate of drug-likeness (QED) is 0.167. The zero-order valence-corrected chi connectivity index (χ0v) is 24.0. The van der Waals surface area contributed by atoms with Gasteiger partial charge in [0.2, 0.25) is 0 Å². The number of hydrogen-bond acceptors (Lipinski definition) is 4. The normalized spacial score (nSPS) is 11.8. The summed E-state index contributed by atoms with van der Waals surface area (Å²) in [5.41, 5.74) is 6.95. The minimum atomic E-state index is 0.731. The molecule has 0 unspecified atom stereocenters. The van der Waals surface area contributed by atoms with Crippen molar-refractivity contribution in [2.75, 3.05) is 54.5 Å². The molecule has 0 amide bonds. The first kappa shape index (κ1) is 29.2. The minimum absolute atomic E-state index is 0.731. The summed E-state index contributed by atoms with van der Waals surface area (Å²) in [7, 11) is 8.35. The fourth-order valence-electron chi connectivity index (χ4n) is 3.98. The molecule has 0 aliphatic rings. The highest BCUT2D eigenvalue weighted by Crippen LogP contribution is 2.23. The van der Waals surface area contributed by atoms with Gasteiger partial charge in [0.05, 0.1) is 13.2 Å². The van der Waals surface area contributed by atoms with E-state index in [4.69, 9.17) is 9.47 Å². The van der Waals surface area contributed by atoms with Gasteiger partial charge in [0.25, 0.3) is 0 Å². The predicted octanol–water partition coefficient (Wildman–Crippen LogP) is 7.31. The molecule has 3 aromatic carbocycles. The van der Waals surface area contributed by atoms with Crippen LogP contribution in [0.3, 0.4) is 0 Å². The molecule has 0 radical (unpaired) electrons. The highest BCUT2D eigenvalue weighted by Gasteiger charge is 2.03. The summed E-state index contributed by atoms with van der Waals surface area (Å²) in [4.78, 5) is 4.36. The lowest BCUT2D eigenvalue weighted by Gasteiger charge is -2.12. The Morgan fingerprint density at radius 1 is 0.526 bits per heavy atom. The third kappa shape index (κ3) is 10.2. The molecule has 0 fully saturated rings. The van der Waals surface area contributed by atoms with Gasteiger partial charge >= 0.3 is 0 Å². The molecule has 0 aromatic heterocycles. The maximum absolute atomic E-state index is 6.03. The molecular weight excluding hydrogens is 468 g/mol. The van der Waals surface area contributed by atoms with Crippen molar-refractivity contribution in [1.82, 2.24) is 9.80 Å². The van der Waals surface area contributed by atoms with Gasteiger partial charge in [0.15, 0.2) is 0 Å². The molecule has 4 heteroatoms. The van der Waals surface area contributed by atoms with Gasteiger partial charge in [-0.3, -0.25) is 0 Å². The second-order valence-corrected chi connectivity index (χ2v) is 10.4. The molecule has 0 N–H and O–H groups in total. The first-order valence-corrected chi connectivity index (χ1v) is 13.5. The molecule has 3 rings (SSSR count). The summed E-state index contributed by atoms with van der Waals surface area (Å²) in [5, 5.41) is 0. The van der Waals surface area contributed by atoms with Crippen LogP contribution < -0.4 is 9.47 Å².